The highest BCUT2D eigenvalue weighted by Crippen LogP contribution is 2.21. The maximum absolute atomic E-state index is 11.9. The number of nitrogens with zero attached hydrogens (tertiary/aromatic N) is 4. The lowest BCUT2D eigenvalue weighted by Gasteiger charge is -2.33. The van der Waals surface area contributed by atoms with Gasteiger partial charge in [-0.25, -0.2) is 0 Å². The van der Waals surface area contributed by atoms with E-state index < -0.39 is 0 Å². The first-order valence-electron chi connectivity index (χ1n) is 10.7. The first-order chi connectivity index (χ1) is 14.3. The van der Waals surface area contributed by atoms with Crippen LogP contribution in [-0.4, -0.2) is 93.5 Å². The molecule has 1 aromatic rings. The average Bonchev–Trinajstić information content (AvgIpc) is 2.70. The summed E-state index contributed by atoms with van der Waals surface area (Å²) in [6.07, 6.45) is 2.00. The molecule has 1 atom stereocenters. The number of aliphatic imine (C=N–C) groups is 1. The van der Waals surface area contributed by atoms with E-state index in [2.05, 4.69) is 53.6 Å². The SMILES string of the molecule is CCNC(=NCC(c1ccc(Cl)cc1)N(C)C)NC1CCN(CC(=O)N(C)C)CC1.I. The van der Waals surface area contributed by atoms with Crippen molar-refractivity contribution in [3.8, 4) is 0 Å². The fourth-order valence-electron chi connectivity index (χ4n) is 3.51. The van der Waals surface area contributed by atoms with E-state index >= 15 is 0 Å². The molecule has 7 nitrogen and oxygen atoms in total. The Labute approximate surface area is 209 Å². The third-order valence-electron chi connectivity index (χ3n) is 5.43. The second kappa shape index (κ2) is 14.1. The maximum atomic E-state index is 11.9. The van der Waals surface area contributed by atoms with E-state index in [1.807, 2.05) is 12.1 Å². The van der Waals surface area contributed by atoms with Gasteiger partial charge in [0.1, 0.15) is 0 Å². The maximum Gasteiger partial charge on any atom is 0.236 e. The zero-order chi connectivity index (χ0) is 22.1. The Morgan fingerprint density at radius 2 is 1.81 bits per heavy atom. The van der Waals surface area contributed by atoms with E-state index in [0.717, 1.165) is 43.5 Å². The second-order valence-electron chi connectivity index (χ2n) is 8.23. The minimum atomic E-state index is 0. The van der Waals surface area contributed by atoms with Gasteiger partial charge < -0.3 is 20.4 Å². The minimum absolute atomic E-state index is 0. The van der Waals surface area contributed by atoms with Crippen LogP contribution < -0.4 is 10.6 Å². The summed E-state index contributed by atoms with van der Waals surface area (Å²) < 4.78 is 0. The van der Waals surface area contributed by atoms with Gasteiger partial charge in [-0.05, 0) is 51.6 Å². The van der Waals surface area contributed by atoms with Crippen molar-refractivity contribution in [2.24, 2.45) is 4.99 Å². The van der Waals surface area contributed by atoms with Crippen LogP contribution in [0, 0.1) is 0 Å². The van der Waals surface area contributed by atoms with Gasteiger partial charge in [0.2, 0.25) is 5.91 Å². The van der Waals surface area contributed by atoms with Gasteiger partial charge in [-0.2, -0.15) is 0 Å². The Morgan fingerprint density at radius 1 is 1.19 bits per heavy atom. The fourth-order valence-corrected chi connectivity index (χ4v) is 3.64. The highest BCUT2D eigenvalue weighted by atomic mass is 127. The van der Waals surface area contributed by atoms with E-state index in [9.17, 15) is 4.79 Å². The third kappa shape index (κ3) is 9.51. The molecule has 0 aliphatic carbocycles. The number of nitrogens with one attached hydrogen (secondary N) is 2. The Kier molecular flexibility index (Phi) is 12.7. The van der Waals surface area contributed by atoms with Crippen LogP contribution in [0.2, 0.25) is 5.02 Å². The molecule has 0 radical (unpaired) electrons. The van der Waals surface area contributed by atoms with Crippen molar-refractivity contribution in [2.45, 2.75) is 31.8 Å². The van der Waals surface area contributed by atoms with Crippen LogP contribution in [-0.2, 0) is 4.79 Å². The van der Waals surface area contributed by atoms with Crippen LogP contribution in [0.25, 0.3) is 0 Å². The summed E-state index contributed by atoms with van der Waals surface area (Å²) in [4.78, 5) is 22.8. The summed E-state index contributed by atoms with van der Waals surface area (Å²) >= 11 is 6.04. The second-order valence-corrected chi connectivity index (χ2v) is 8.67. The molecule has 0 spiro atoms. The zero-order valence-corrected chi connectivity index (χ0v) is 22.5. The molecular formula is C22H38ClIN6O. The van der Waals surface area contributed by atoms with E-state index in [1.54, 1.807) is 19.0 Å². The molecule has 0 bridgehead atoms. The molecule has 2 rings (SSSR count). The van der Waals surface area contributed by atoms with Crippen LogP contribution in [0.4, 0.5) is 0 Å². The Bertz CT molecular complexity index is 690. The summed E-state index contributed by atoms with van der Waals surface area (Å²) in [5.41, 5.74) is 1.20. The molecule has 1 aliphatic rings. The number of benzene rings is 1. The van der Waals surface area contributed by atoms with Gasteiger partial charge in [0, 0.05) is 44.8 Å². The van der Waals surface area contributed by atoms with Crippen LogP contribution in [0.1, 0.15) is 31.4 Å². The van der Waals surface area contributed by atoms with Gasteiger partial charge >= 0.3 is 0 Å². The normalized spacial score (nSPS) is 16.5. The van der Waals surface area contributed by atoms with E-state index in [4.69, 9.17) is 16.6 Å². The number of amides is 1. The molecule has 0 saturated carbocycles. The monoisotopic (exact) mass is 564 g/mol. The molecule has 0 aromatic heterocycles. The van der Waals surface area contributed by atoms with E-state index in [1.165, 1.54) is 5.56 Å². The predicted octanol–water partition coefficient (Wildman–Crippen LogP) is 2.67. The molecule has 1 fully saturated rings. The molecule has 1 saturated heterocycles. The summed E-state index contributed by atoms with van der Waals surface area (Å²) in [6, 6.07) is 8.52. The number of hydrogen-bond acceptors (Lipinski definition) is 4. The topological polar surface area (TPSA) is 63.2 Å². The van der Waals surface area contributed by atoms with Crippen molar-refractivity contribution in [3.05, 3.63) is 34.9 Å². The van der Waals surface area contributed by atoms with Crippen LogP contribution in [0.3, 0.4) is 0 Å². The van der Waals surface area contributed by atoms with Gasteiger partial charge in [-0.1, -0.05) is 23.7 Å². The van der Waals surface area contributed by atoms with Gasteiger partial charge in [-0.3, -0.25) is 14.7 Å². The largest absolute Gasteiger partial charge is 0.357 e. The van der Waals surface area contributed by atoms with Crippen LogP contribution in [0.15, 0.2) is 29.3 Å². The molecule has 1 aliphatic heterocycles. The molecule has 9 heteroatoms. The first kappa shape index (κ1) is 27.9. The van der Waals surface area contributed by atoms with Gasteiger partial charge in [-0.15, -0.1) is 24.0 Å². The standard InChI is InChI=1S/C22H37ClN6O.HI/c1-6-24-22(25-15-20(27(2)3)17-7-9-18(23)10-8-17)26-19-11-13-29(14-12-19)16-21(30)28(4)5;/h7-10,19-20H,6,11-16H2,1-5H3,(H2,24,25,26);1H. The first-order valence-corrected chi connectivity index (χ1v) is 11.1. The summed E-state index contributed by atoms with van der Waals surface area (Å²) in [7, 11) is 7.75. The van der Waals surface area contributed by atoms with Crippen molar-refractivity contribution >= 4 is 47.4 Å². The fraction of sp³-hybridized carbons (Fsp3) is 0.636. The molecule has 1 heterocycles. The summed E-state index contributed by atoms with van der Waals surface area (Å²) in [5.74, 6) is 1.01. The van der Waals surface area contributed by atoms with Crippen molar-refractivity contribution in [1.29, 1.82) is 0 Å². The number of carbonyl (C=O) groups is 1. The number of likely N-dealkylation sites (tertiary alicyclic amines) is 1. The van der Waals surface area contributed by atoms with E-state index in [0.29, 0.717) is 19.1 Å². The lowest BCUT2D eigenvalue weighted by Crippen LogP contribution is -2.50. The van der Waals surface area contributed by atoms with Gasteiger partial charge in [0.15, 0.2) is 5.96 Å². The molecule has 1 unspecified atom stereocenters. The van der Waals surface area contributed by atoms with Crippen LogP contribution >= 0.6 is 35.6 Å². The molecule has 1 aromatic carbocycles. The number of piperidine rings is 1. The highest BCUT2D eigenvalue weighted by Gasteiger charge is 2.22. The smallest absolute Gasteiger partial charge is 0.236 e. The van der Waals surface area contributed by atoms with Crippen molar-refractivity contribution in [2.75, 3.05) is 60.9 Å². The number of guanidine groups is 1. The minimum Gasteiger partial charge on any atom is -0.357 e. The Balaban J connectivity index is 0.00000480. The third-order valence-corrected chi connectivity index (χ3v) is 5.68. The number of hydrogen-bond donors (Lipinski definition) is 2. The molecule has 2 N–H and O–H groups in total. The Morgan fingerprint density at radius 3 is 2.32 bits per heavy atom. The molecule has 31 heavy (non-hydrogen) atoms. The number of carbonyl (C=O) groups excluding carboxylic acids is 1. The van der Waals surface area contributed by atoms with Crippen LogP contribution in [0.5, 0.6) is 0 Å². The van der Waals surface area contributed by atoms with Gasteiger partial charge in [0.25, 0.3) is 0 Å². The number of likely N-dealkylation sites (N-methyl/N-ethyl adjacent to an activating group) is 2. The quantitative estimate of drug-likeness (QED) is 0.289. The lowest BCUT2D eigenvalue weighted by atomic mass is 10.1. The number of rotatable bonds is 8. The summed E-state index contributed by atoms with van der Waals surface area (Å²) in [6.45, 7) is 5.88. The van der Waals surface area contributed by atoms with E-state index in [-0.39, 0.29) is 35.9 Å². The molecule has 176 valence electrons. The van der Waals surface area contributed by atoms with Gasteiger partial charge in [0.05, 0.1) is 19.1 Å². The molecule has 1 amide bonds. The highest BCUT2D eigenvalue weighted by molar-refractivity contribution is 14.0. The summed E-state index contributed by atoms with van der Waals surface area (Å²) in [5, 5.41) is 7.70. The van der Waals surface area contributed by atoms with Crippen molar-refractivity contribution < 1.29 is 4.79 Å². The van der Waals surface area contributed by atoms with Crippen molar-refractivity contribution in [1.82, 2.24) is 25.3 Å². The number of halogens is 2. The zero-order valence-electron chi connectivity index (χ0n) is 19.4. The Hall–Kier alpha value is -1.10. The van der Waals surface area contributed by atoms with Crippen molar-refractivity contribution in [3.63, 3.8) is 0 Å². The predicted molar refractivity (Wildman–Crippen MR) is 141 cm³/mol. The average molecular weight is 565 g/mol. The lowest BCUT2D eigenvalue weighted by molar-refractivity contribution is -0.130. The molecular weight excluding hydrogens is 527 g/mol.